The molecule has 10 heteroatoms. The second-order valence-electron chi connectivity index (χ2n) is 6.09. The molecule has 0 radical (unpaired) electrons. The van der Waals surface area contributed by atoms with Crippen molar-refractivity contribution < 1.29 is 32.6 Å². The van der Waals surface area contributed by atoms with Gasteiger partial charge in [-0.2, -0.15) is 0 Å². The van der Waals surface area contributed by atoms with Gasteiger partial charge < -0.3 is 28.0 Å². The van der Waals surface area contributed by atoms with E-state index < -0.39 is 7.60 Å². The summed E-state index contributed by atoms with van der Waals surface area (Å²) in [4.78, 5) is 4.29. The predicted octanol–water partition coefficient (Wildman–Crippen LogP) is 1.03. The van der Waals surface area contributed by atoms with Gasteiger partial charge >= 0.3 is 7.60 Å². The molecule has 0 N–H and O–H groups in total. The highest BCUT2D eigenvalue weighted by Gasteiger charge is 2.18. The fraction of sp³-hybridized carbons (Fsp3) is 1.00. The first-order chi connectivity index (χ1) is 13.0. The molecule has 27 heavy (non-hydrogen) atoms. The lowest BCUT2D eigenvalue weighted by atomic mass is 10.4. The summed E-state index contributed by atoms with van der Waals surface area (Å²) in [5, 5.41) is 0. The number of hydrogen-bond donors (Lipinski definition) is 0. The predicted molar refractivity (Wildman–Crippen MR) is 106 cm³/mol. The van der Waals surface area contributed by atoms with E-state index in [4.69, 9.17) is 28.0 Å². The van der Waals surface area contributed by atoms with Gasteiger partial charge in [-0.15, -0.1) is 0 Å². The van der Waals surface area contributed by atoms with Gasteiger partial charge in [-0.1, -0.05) is 0 Å². The summed E-state index contributed by atoms with van der Waals surface area (Å²) in [5.41, 5.74) is 0. The lowest BCUT2D eigenvalue weighted by molar-refractivity contribution is 0.0928. The Morgan fingerprint density at radius 3 is 1.07 bits per heavy atom. The Balaban J connectivity index is 4.15. The topological polar surface area (TPSA) is 78.9 Å². The summed E-state index contributed by atoms with van der Waals surface area (Å²) >= 11 is 0. The zero-order valence-corrected chi connectivity index (χ0v) is 18.6. The third kappa shape index (κ3) is 16.6. The molecule has 0 fully saturated rings. The van der Waals surface area contributed by atoms with Crippen LogP contribution in [0.4, 0.5) is 0 Å². The Hall–Kier alpha value is -0.0900. The molecule has 0 unspecified atom stereocenters. The molecule has 0 aliphatic carbocycles. The van der Waals surface area contributed by atoms with Crippen LogP contribution in [0, 0.1) is 0 Å². The molecule has 0 atom stereocenters. The van der Waals surface area contributed by atoms with Crippen molar-refractivity contribution in [2.75, 3.05) is 114 Å². The van der Waals surface area contributed by atoms with Crippen molar-refractivity contribution in [3.05, 3.63) is 0 Å². The highest BCUT2D eigenvalue weighted by Crippen LogP contribution is 2.43. The normalized spacial score (nSPS) is 12.4. The van der Waals surface area contributed by atoms with Crippen LogP contribution in [-0.4, -0.2) is 124 Å². The maximum Gasteiger partial charge on any atom is 0.327 e. The van der Waals surface area contributed by atoms with Crippen molar-refractivity contribution >= 4 is 7.60 Å². The van der Waals surface area contributed by atoms with Crippen molar-refractivity contribution in [3.63, 3.8) is 0 Å². The maximum absolute atomic E-state index is 12.5. The average molecular weight is 414 g/mol. The van der Waals surface area contributed by atoms with E-state index >= 15 is 0 Å². The van der Waals surface area contributed by atoms with Crippen LogP contribution >= 0.6 is 7.60 Å². The van der Waals surface area contributed by atoms with Crippen molar-refractivity contribution in [2.24, 2.45) is 0 Å². The molecule has 0 aliphatic heterocycles. The number of hydrogen-bond acceptors (Lipinski definition) is 9. The fourth-order valence-corrected chi connectivity index (χ4v) is 3.16. The van der Waals surface area contributed by atoms with Crippen LogP contribution in [0.3, 0.4) is 0 Å². The zero-order chi connectivity index (χ0) is 20.4. The van der Waals surface area contributed by atoms with Crippen LogP contribution in [0.1, 0.15) is 0 Å². The van der Waals surface area contributed by atoms with Gasteiger partial charge in [0.2, 0.25) is 0 Å². The lowest BCUT2D eigenvalue weighted by Crippen LogP contribution is -2.34. The number of methoxy groups -OCH3 is 4. The van der Waals surface area contributed by atoms with Gasteiger partial charge in [0, 0.05) is 74.4 Å². The molecule has 0 bridgehead atoms. The molecule has 0 amide bonds. The standard InChI is InChI=1S/C17H39N2O7P/c1-21-12-6-18(7-13-22-2)10-16-25-27(5,20)26-17-11-19(8-14-23-3)9-15-24-4/h6-17H2,1-5H3. The SMILES string of the molecule is COCCN(CCOC)CCOP(C)(=O)OCCN(CCOC)CCOC. The van der Waals surface area contributed by atoms with E-state index in [1.807, 2.05) is 0 Å². The second-order valence-corrected chi connectivity index (χ2v) is 8.15. The Morgan fingerprint density at radius 1 is 0.556 bits per heavy atom. The van der Waals surface area contributed by atoms with Gasteiger partial charge in [0.15, 0.2) is 0 Å². The molecular weight excluding hydrogens is 375 g/mol. The monoisotopic (exact) mass is 414 g/mol. The zero-order valence-electron chi connectivity index (χ0n) is 17.7. The number of nitrogens with zero attached hydrogens (tertiary/aromatic N) is 2. The van der Waals surface area contributed by atoms with Crippen molar-refractivity contribution in [1.29, 1.82) is 0 Å². The van der Waals surface area contributed by atoms with Gasteiger partial charge in [0.05, 0.1) is 39.6 Å². The molecule has 0 saturated carbocycles. The molecule has 0 aliphatic rings. The molecule has 0 aromatic carbocycles. The molecule has 0 aromatic rings. The quantitative estimate of drug-likeness (QED) is 0.271. The Labute approximate surface area is 164 Å². The van der Waals surface area contributed by atoms with Crippen LogP contribution in [0.2, 0.25) is 0 Å². The second kappa shape index (κ2) is 18.0. The molecule has 9 nitrogen and oxygen atoms in total. The summed E-state index contributed by atoms with van der Waals surface area (Å²) in [7, 11) is 3.59. The Bertz CT molecular complexity index is 331. The summed E-state index contributed by atoms with van der Waals surface area (Å²) in [6.45, 7) is 9.05. The van der Waals surface area contributed by atoms with E-state index in [1.54, 1.807) is 28.4 Å². The summed E-state index contributed by atoms with van der Waals surface area (Å²) in [6, 6.07) is 0. The Kier molecular flexibility index (Phi) is 17.9. The minimum Gasteiger partial charge on any atom is -0.383 e. The van der Waals surface area contributed by atoms with Crippen LogP contribution in [0.25, 0.3) is 0 Å². The Morgan fingerprint density at radius 2 is 0.815 bits per heavy atom. The third-order valence-corrected chi connectivity index (χ3v) is 5.22. The van der Waals surface area contributed by atoms with Crippen LogP contribution < -0.4 is 0 Å². The molecular formula is C17H39N2O7P. The first-order valence-electron chi connectivity index (χ1n) is 9.26. The van der Waals surface area contributed by atoms with Crippen LogP contribution in [0.15, 0.2) is 0 Å². The molecule has 0 aromatic heterocycles. The third-order valence-electron chi connectivity index (χ3n) is 3.91. The van der Waals surface area contributed by atoms with Crippen LogP contribution in [0.5, 0.6) is 0 Å². The van der Waals surface area contributed by atoms with E-state index in [9.17, 15) is 4.57 Å². The van der Waals surface area contributed by atoms with Crippen LogP contribution in [-0.2, 0) is 32.6 Å². The van der Waals surface area contributed by atoms with Gasteiger partial charge in [-0.05, 0) is 0 Å². The fourth-order valence-electron chi connectivity index (χ4n) is 2.26. The smallest absolute Gasteiger partial charge is 0.327 e. The largest absolute Gasteiger partial charge is 0.383 e. The first-order valence-corrected chi connectivity index (χ1v) is 11.2. The van der Waals surface area contributed by atoms with Gasteiger partial charge in [-0.25, -0.2) is 0 Å². The van der Waals surface area contributed by atoms with E-state index in [-0.39, 0.29) is 0 Å². The highest BCUT2D eigenvalue weighted by molar-refractivity contribution is 7.52. The van der Waals surface area contributed by atoms with Gasteiger partial charge in [0.1, 0.15) is 0 Å². The lowest BCUT2D eigenvalue weighted by Gasteiger charge is -2.24. The number of rotatable bonds is 20. The first kappa shape index (κ1) is 26.9. The summed E-state index contributed by atoms with van der Waals surface area (Å²) < 4.78 is 43.9. The van der Waals surface area contributed by atoms with E-state index in [0.29, 0.717) is 52.7 Å². The van der Waals surface area contributed by atoms with Crippen molar-refractivity contribution in [2.45, 2.75) is 0 Å². The van der Waals surface area contributed by atoms with Gasteiger partial charge in [-0.3, -0.25) is 14.4 Å². The average Bonchev–Trinajstić information content (AvgIpc) is 2.65. The molecule has 164 valence electrons. The number of ether oxygens (including phenoxy) is 4. The highest BCUT2D eigenvalue weighted by atomic mass is 31.2. The molecule has 0 saturated heterocycles. The summed E-state index contributed by atoms with van der Waals surface area (Å²) in [5.74, 6) is 0. The molecule has 0 rings (SSSR count). The van der Waals surface area contributed by atoms with Gasteiger partial charge in [0.25, 0.3) is 0 Å². The molecule has 0 spiro atoms. The summed E-state index contributed by atoms with van der Waals surface area (Å²) in [6.07, 6.45) is 0. The van der Waals surface area contributed by atoms with E-state index in [1.165, 1.54) is 6.66 Å². The minimum atomic E-state index is -3.09. The maximum atomic E-state index is 12.5. The minimum absolute atomic E-state index is 0.332. The van der Waals surface area contributed by atoms with Crippen molar-refractivity contribution in [1.82, 2.24) is 9.80 Å². The van der Waals surface area contributed by atoms with E-state index in [0.717, 1.165) is 26.2 Å². The van der Waals surface area contributed by atoms with E-state index in [2.05, 4.69) is 9.80 Å². The van der Waals surface area contributed by atoms with Crippen molar-refractivity contribution in [3.8, 4) is 0 Å². The molecule has 0 heterocycles.